The SMILES string of the molecule is O=C(Nc1ccc(N2CCOCC2)[nH+]c1)c1ccc(Cl)cc1. The Bertz CT molecular complexity index is 637. The van der Waals surface area contributed by atoms with Gasteiger partial charge in [-0.25, -0.2) is 4.98 Å². The van der Waals surface area contributed by atoms with Crippen molar-refractivity contribution in [1.29, 1.82) is 0 Å². The zero-order chi connectivity index (χ0) is 15.4. The van der Waals surface area contributed by atoms with Crippen LogP contribution in [0.4, 0.5) is 11.5 Å². The fraction of sp³-hybridized carbons (Fsp3) is 0.250. The van der Waals surface area contributed by atoms with Gasteiger partial charge in [-0.15, -0.1) is 0 Å². The maximum Gasteiger partial charge on any atom is 0.274 e. The molecule has 1 amide bonds. The van der Waals surface area contributed by atoms with Crippen LogP contribution in [0, 0.1) is 0 Å². The Morgan fingerprint density at radius 3 is 2.50 bits per heavy atom. The Morgan fingerprint density at radius 2 is 1.86 bits per heavy atom. The second-order valence-electron chi connectivity index (χ2n) is 5.02. The second kappa shape index (κ2) is 6.77. The lowest BCUT2D eigenvalue weighted by molar-refractivity contribution is -0.363. The highest BCUT2D eigenvalue weighted by atomic mass is 35.5. The minimum absolute atomic E-state index is 0.163. The van der Waals surface area contributed by atoms with E-state index in [2.05, 4.69) is 15.2 Å². The standard InChI is InChI=1S/C16H16ClN3O2/c17-13-3-1-12(2-4-13)16(21)19-14-5-6-15(18-11-14)20-7-9-22-10-8-20/h1-6,11H,7-10H2,(H,19,21)/p+1. The molecule has 2 heterocycles. The summed E-state index contributed by atoms with van der Waals surface area (Å²) >= 11 is 5.82. The summed E-state index contributed by atoms with van der Waals surface area (Å²) in [6.45, 7) is 3.21. The Morgan fingerprint density at radius 1 is 1.14 bits per heavy atom. The highest BCUT2D eigenvalue weighted by Gasteiger charge is 2.18. The van der Waals surface area contributed by atoms with Gasteiger partial charge < -0.3 is 10.1 Å². The van der Waals surface area contributed by atoms with Crippen LogP contribution in [0.2, 0.25) is 5.02 Å². The summed E-state index contributed by atoms with van der Waals surface area (Å²) in [5.41, 5.74) is 1.29. The molecule has 1 fully saturated rings. The molecular weight excluding hydrogens is 302 g/mol. The summed E-state index contributed by atoms with van der Waals surface area (Å²) in [6.07, 6.45) is 1.79. The number of hydrogen-bond acceptors (Lipinski definition) is 3. The minimum atomic E-state index is -0.163. The van der Waals surface area contributed by atoms with Gasteiger partial charge in [-0.3, -0.25) is 9.69 Å². The molecule has 0 unspecified atom stereocenters. The quantitative estimate of drug-likeness (QED) is 0.944. The number of hydrogen-bond donors (Lipinski definition) is 1. The summed E-state index contributed by atoms with van der Waals surface area (Å²) in [5.74, 6) is 0.858. The summed E-state index contributed by atoms with van der Waals surface area (Å²) in [4.78, 5) is 17.5. The Hall–Kier alpha value is -2.11. The third kappa shape index (κ3) is 3.55. The zero-order valence-corrected chi connectivity index (χ0v) is 12.8. The average molecular weight is 319 g/mol. The van der Waals surface area contributed by atoms with Crippen molar-refractivity contribution in [3.8, 4) is 0 Å². The molecule has 3 rings (SSSR count). The largest absolute Gasteiger partial charge is 0.373 e. The Labute approximate surface area is 133 Å². The number of ether oxygens (including phenoxy) is 1. The normalized spacial score (nSPS) is 14.7. The van der Waals surface area contributed by atoms with E-state index in [0.717, 1.165) is 37.8 Å². The first-order valence-electron chi connectivity index (χ1n) is 7.14. The molecule has 0 radical (unpaired) electrons. The van der Waals surface area contributed by atoms with Gasteiger partial charge in [0.1, 0.15) is 19.3 Å². The van der Waals surface area contributed by atoms with E-state index in [4.69, 9.17) is 16.3 Å². The first-order valence-corrected chi connectivity index (χ1v) is 7.51. The first-order chi connectivity index (χ1) is 10.7. The average Bonchev–Trinajstić information content (AvgIpc) is 2.57. The van der Waals surface area contributed by atoms with Gasteiger partial charge in [-0.05, 0) is 30.3 Å². The molecule has 2 N–H and O–H groups in total. The van der Waals surface area contributed by atoms with Crippen molar-refractivity contribution in [2.75, 3.05) is 36.5 Å². The molecule has 1 aliphatic rings. The van der Waals surface area contributed by atoms with E-state index in [-0.39, 0.29) is 5.91 Å². The van der Waals surface area contributed by atoms with Gasteiger partial charge in [0.05, 0.1) is 18.9 Å². The number of H-pyrrole nitrogens is 1. The third-order valence-electron chi connectivity index (χ3n) is 3.51. The monoisotopic (exact) mass is 318 g/mol. The third-order valence-corrected chi connectivity index (χ3v) is 3.76. The lowest BCUT2D eigenvalue weighted by Crippen LogP contribution is -2.39. The number of anilines is 2. The first kappa shape index (κ1) is 14.8. The molecule has 6 heteroatoms. The van der Waals surface area contributed by atoms with Gasteiger partial charge in [0.25, 0.3) is 11.7 Å². The number of benzene rings is 1. The van der Waals surface area contributed by atoms with E-state index in [1.165, 1.54) is 0 Å². The molecule has 0 saturated carbocycles. The van der Waals surface area contributed by atoms with Gasteiger partial charge >= 0.3 is 0 Å². The van der Waals surface area contributed by atoms with E-state index in [9.17, 15) is 4.79 Å². The molecule has 1 saturated heterocycles. The van der Waals surface area contributed by atoms with Crippen molar-refractivity contribution in [2.24, 2.45) is 0 Å². The van der Waals surface area contributed by atoms with Crippen LogP contribution < -0.4 is 15.2 Å². The van der Waals surface area contributed by atoms with Crippen molar-refractivity contribution < 1.29 is 14.5 Å². The van der Waals surface area contributed by atoms with Crippen LogP contribution in [0.25, 0.3) is 0 Å². The lowest BCUT2D eigenvalue weighted by atomic mass is 10.2. The topological polar surface area (TPSA) is 55.7 Å². The number of morpholine rings is 1. The number of aromatic nitrogens is 1. The molecule has 1 aromatic carbocycles. The van der Waals surface area contributed by atoms with E-state index >= 15 is 0 Å². The van der Waals surface area contributed by atoms with Gasteiger partial charge in [0.15, 0.2) is 0 Å². The molecule has 0 aliphatic carbocycles. The van der Waals surface area contributed by atoms with Crippen molar-refractivity contribution >= 4 is 29.0 Å². The molecule has 0 spiro atoms. The molecule has 1 aromatic heterocycles. The number of carbonyl (C=O) groups is 1. The van der Waals surface area contributed by atoms with Crippen LogP contribution in [0.1, 0.15) is 10.4 Å². The molecule has 22 heavy (non-hydrogen) atoms. The van der Waals surface area contributed by atoms with Gasteiger partial charge in [-0.1, -0.05) is 11.6 Å². The highest BCUT2D eigenvalue weighted by Crippen LogP contribution is 2.14. The summed E-state index contributed by atoms with van der Waals surface area (Å²) in [6, 6.07) is 10.6. The number of aromatic amines is 1. The predicted molar refractivity (Wildman–Crippen MR) is 85.4 cm³/mol. The summed E-state index contributed by atoms with van der Waals surface area (Å²) in [7, 11) is 0. The molecule has 2 aromatic rings. The lowest BCUT2D eigenvalue weighted by Gasteiger charge is -2.21. The van der Waals surface area contributed by atoms with E-state index < -0.39 is 0 Å². The molecule has 0 atom stereocenters. The Balaban J connectivity index is 1.65. The number of amides is 1. The second-order valence-corrected chi connectivity index (χ2v) is 5.46. The van der Waals surface area contributed by atoms with Crippen LogP contribution in [0.15, 0.2) is 42.6 Å². The van der Waals surface area contributed by atoms with Crippen LogP contribution in [0.5, 0.6) is 0 Å². The van der Waals surface area contributed by atoms with Crippen molar-refractivity contribution in [3.05, 3.63) is 53.2 Å². The van der Waals surface area contributed by atoms with Gasteiger partial charge in [-0.2, -0.15) is 0 Å². The van der Waals surface area contributed by atoms with Crippen LogP contribution in [0.3, 0.4) is 0 Å². The van der Waals surface area contributed by atoms with Gasteiger partial charge in [0, 0.05) is 16.7 Å². The fourth-order valence-electron chi connectivity index (χ4n) is 2.30. The van der Waals surface area contributed by atoms with Crippen molar-refractivity contribution in [2.45, 2.75) is 0 Å². The number of nitrogens with zero attached hydrogens (tertiary/aromatic N) is 1. The minimum Gasteiger partial charge on any atom is -0.373 e. The maximum absolute atomic E-state index is 12.1. The zero-order valence-electron chi connectivity index (χ0n) is 12.0. The molecule has 1 aliphatic heterocycles. The predicted octanol–water partition coefficient (Wildman–Crippen LogP) is 2.24. The fourth-order valence-corrected chi connectivity index (χ4v) is 2.43. The summed E-state index contributed by atoms with van der Waals surface area (Å²) < 4.78 is 5.33. The van der Waals surface area contributed by atoms with Crippen LogP contribution >= 0.6 is 11.6 Å². The number of carbonyl (C=O) groups excluding carboxylic acids is 1. The summed E-state index contributed by atoms with van der Waals surface area (Å²) in [5, 5.41) is 3.46. The Kier molecular flexibility index (Phi) is 4.56. The van der Waals surface area contributed by atoms with Crippen LogP contribution in [-0.2, 0) is 4.74 Å². The number of halogens is 1. The maximum atomic E-state index is 12.1. The molecule has 5 nitrogen and oxygen atoms in total. The van der Waals surface area contributed by atoms with E-state index in [0.29, 0.717) is 10.6 Å². The molecule has 114 valence electrons. The number of pyridine rings is 1. The smallest absolute Gasteiger partial charge is 0.274 e. The number of nitrogens with one attached hydrogen (secondary N) is 2. The van der Waals surface area contributed by atoms with Crippen molar-refractivity contribution in [3.63, 3.8) is 0 Å². The van der Waals surface area contributed by atoms with Crippen LogP contribution in [-0.4, -0.2) is 32.2 Å². The van der Waals surface area contributed by atoms with E-state index in [1.807, 2.05) is 12.1 Å². The highest BCUT2D eigenvalue weighted by molar-refractivity contribution is 6.30. The van der Waals surface area contributed by atoms with Crippen molar-refractivity contribution in [1.82, 2.24) is 0 Å². The van der Waals surface area contributed by atoms with E-state index in [1.54, 1.807) is 30.5 Å². The van der Waals surface area contributed by atoms with Gasteiger partial charge in [0.2, 0.25) is 0 Å². The number of rotatable bonds is 3. The molecule has 0 bridgehead atoms. The molecular formula is C16H17ClN3O2+.